The van der Waals surface area contributed by atoms with E-state index >= 15 is 0 Å². The van der Waals surface area contributed by atoms with Crippen LogP contribution in [-0.2, 0) is 14.2 Å². The monoisotopic (exact) mass is 304 g/mol. The van der Waals surface area contributed by atoms with E-state index in [9.17, 15) is 4.79 Å². The number of nitrogens with one attached hydrogen (secondary N) is 1. The van der Waals surface area contributed by atoms with E-state index < -0.39 is 5.60 Å². The van der Waals surface area contributed by atoms with Gasteiger partial charge in [0.1, 0.15) is 5.60 Å². The van der Waals surface area contributed by atoms with Crippen LogP contribution < -0.4 is 5.32 Å². The van der Waals surface area contributed by atoms with Gasteiger partial charge in [-0.3, -0.25) is 0 Å². The van der Waals surface area contributed by atoms with Crippen molar-refractivity contribution in [1.82, 2.24) is 10.2 Å². The molecule has 6 nitrogen and oxygen atoms in total. The van der Waals surface area contributed by atoms with Gasteiger partial charge in [0.05, 0.1) is 6.04 Å². The molecule has 0 aromatic heterocycles. The molecule has 0 aliphatic heterocycles. The molecule has 0 bridgehead atoms. The maximum atomic E-state index is 12.1. The Morgan fingerprint density at radius 3 is 2.05 bits per heavy atom. The van der Waals surface area contributed by atoms with Crippen molar-refractivity contribution in [1.29, 1.82) is 0 Å². The number of nitrogens with zero attached hydrogens (tertiary/aromatic N) is 1. The van der Waals surface area contributed by atoms with Crippen molar-refractivity contribution in [2.45, 2.75) is 65.5 Å². The van der Waals surface area contributed by atoms with Crippen LogP contribution in [0.4, 0.5) is 4.79 Å². The zero-order chi connectivity index (χ0) is 16.6. The van der Waals surface area contributed by atoms with E-state index in [4.69, 9.17) is 14.2 Å². The molecule has 0 rings (SSSR count). The summed E-state index contributed by atoms with van der Waals surface area (Å²) in [4.78, 5) is 13.9. The number of methoxy groups -OCH3 is 2. The van der Waals surface area contributed by atoms with Gasteiger partial charge in [-0.15, -0.1) is 0 Å². The second-order valence-corrected chi connectivity index (χ2v) is 6.35. The topological polar surface area (TPSA) is 60.0 Å². The van der Waals surface area contributed by atoms with E-state index in [0.29, 0.717) is 13.1 Å². The van der Waals surface area contributed by atoms with Crippen LogP contribution in [0, 0.1) is 0 Å². The molecule has 0 spiro atoms. The molecular formula is C15H32N2O4. The number of carbonyl (C=O) groups is 1. The van der Waals surface area contributed by atoms with E-state index in [1.54, 1.807) is 19.1 Å². The first-order valence-electron chi connectivity index (χ1n) is 7.41. The third kappa shape index (κ3) is 8.24. The molecule has 0 aromatic carbocycles. The zero-order valence-electron chi connectivity index (χ0n) is 14.7. The van der Waals surface area contributed by atoms with Crippen molar-refractivity contribution in [3.63, 3.8) is 0 Å². The van der Waals surface area contributed by atoms with Crippen LogP contribution in [0.3, 0.4) is 0 Å². The minimum absolute atomic E-state index is 0.0349. The summed E-state index contributed by atoms with van der Waals surface area (Å²) >= 11 is 0. The Morgan fingerprint density at radius 1 is 1.14 bits per heavy atom. The maximum absolute atomic E-state index is 12.1. The van der Waals surface area contributed by atoms with Gasteiger partial charge < -0.3 is 24.4 Å². The summed E-state index contributed by atoms with van der Waals surface area (Å²) in [7, 11) is 3.21. The van der Waals surface area contributed by atoms with E-state index in [1.165, 1.54) is 0 Å². The summed E-state index contributed by atoms with van der Waals surface area (Å²) in [6, 6.07) is 0.116. The van der Waals surface area contributed by atoms with E-state index in [1.807, 2.05) is 41.5 Å². The minimum Gasteiger partial charge on any atom is -0.444 e. The van der Waals surface area contributed by atoms with Gasteiger partial charge in [-0.25, -0.2) is 4.79 Å². The smallest absolute Gasteiger partial charge is 0.410 e. The average Bonchev–Trinajstić information content (AvgIpc) is 2.33. The van der Waals surface area contributed by atoms with Gasteiger partial charge in [-0.1, -0.05) is 0 Å². The third-order valence-electron chi connectivity index (χ3n) is 2.94. The van der Waals surface area contributed by atoms with Gasteiger partial charge in [0, 0.05) is 33.4 Å². The van der Waals surface area contributed by atoms with E-state index in [0.717, 1.165) is 0 Å². The highest BCUT2D eigenvalue weighted by Crippen LogP contribution is 2.11. The lowest BCUT2D eigenvalue weighted by molar-refractivity contribution is -0.119. The second-order valence-electron chi connectivity index (χ2n) is 6.35. The second kappa shape index (κ2) is 9.23. The first kappa shape index (κ1) is 20.1. The van der Waals surface area contributed by atoms with Crippen LogP contribution in [0.2, 0.25) is 0 Å². The van der Waals surface area contributed by atoms with Crippen LogP contribution in [-0.4, -0.2) is 62.3 Å². The van der Waals surface area contributed by atoms with Gasteiger partial charge >= 0.3 is 6.09 Å². The molecule has 6 heteroatoms. The summed E-state index contributed by atoms with van der Waals surface area (Å²) in [6.07, 6.45) is -0.596. The highest BCUT2D eigenvalue weighted by Gasteiger charge is 2.24. The SMILES string of the molecule is COC(OC)C(C)NCCN(C(=O)OC(C)(C)C)C(C)C. The molecule has 21 heavy (non-hydrogen) atoms. The summed E-state index contributed by atoms with van der Waals surface area (Å²) < 4.78 is 15.8. The Bertz CT molecular complexity index is 299. The van der Waals surface area contributed by atoms with Crippen molar-refractivity contribution in [2.24, 2.45) is 0 Å². The Morgan fingerprint density at radius 2 is 1.67 bits per heavy atom. The fourth-order valence-corrected chi connectivity index (χ4v) is 1.89. The van der Waals surface area contributed by atoms with Crippen molar-refractivity contribution < 1.29 is 19.0 Å². The van der Waals surface area contributed by atoms with Crippen LogP contribution >= 0.6 is 0 Å². The Hall–Kier alpha value is -0.850. The number of hydrogen-bond acceptors (Lipinski definition) is 5. The molecule has 0 aliphatic rings. The first-order chi connectivity index (χ1) is 9.62. The van der Waals surface area contributed by atoms with Crippen molar-refractivity contribution in [3.05, 3.63) is 0 Å². The van der Waals surface area contributed by atoms with Gasteiger partial charge in [0.25, 0.3) is 0 Å². The molecule has 0 saturated carbocycles. The zero-order valence-corrected chi connectivity index (χ0v) is 14.7. The summed E-state index contributed by atoms with van der Waals surface area (Å²) in [6.45, 7) is 12.7. The molecular weight excluding hydrogens is 272 g/mol. The molecule has 126 valence electrons. The summed E-state index contributed by atoms with van der Waals surface area (Å²) in [5.74, 6) is 0. The Kier molecular flexibility index (Phi) is 8.85. The number of ether oxygens (including phenoxy) is 3. The molecule has 0 aromatic rings. The first-order valence-corrected chi connectivity index (χ1v) is 7.41. The molecule has 0 aliphatic carbocycles. The molecule has 1 unspecified atom stereocenters. The minimum atomic E-state index is -0.484. The maximum Gasteiger partial charge on any atom is 0.410 e. The Labute approximate surface area is 129 Å². The van der Waals surface area contributed by atoms with Crippen LogP contribution in [0.25, 0.3) is 0 Å². The fraction of sp³-hybridized carbons (Fsp3) is 0.933. The molecule has 1 atom stereocenters. The summed E-state index contributed by atoms with van der Waals surface area (Å²) in [5, 5.41) is 3.29. The van der Waals surface area contributed by atoms with Gasteiger partial charge in [-0.05, 0) is 41.5 Å². The molecule has 0 saturated heterocycles. The van der Waals surface area contributed by atoms with Gasteiger partial charge in [0.2, 0.25) is 0 Å². The quantitative estimate of drug-likeness (QED) is 0.697. The standard InChI is InChI=1S/C15H32N2O4/c1-11(2)17(14(18)21-15(4,5)6)10-9-16-12(3)13(19-7)20-8/h11-13,16H,9-10H2,1-8H3. The van der Waals surface area contributed by atoms with E-state index in [2.05, 4.69) is 5.32 Å². The lowest BCUT2D eigenvalue weighted by Gasteiger charge is -2.31. The van der Waals surface area contributed by atoms with Crippen molar-refractivity contribution in [2.75, 3.05) is 27.3 Å². The Balaban J connectivity index is 4.38. The van der Waals surface area contributed by atoms with Crippen LogP contribution in [0.1, 0.15) is 41.5 Å². The number of hydrogen-bond donors (Lipinski definition) is 1. The normalized spacial score (nSPS) is 13.6. The lowest BCUT2D eigenvalue weighted by atomic mass is 10.2. The van der Waals surface area contributed by atoms with Crippen LogP contribution in [0.5, 0.6) is 0 Å². The highest BCUT2D eigenvalue weighted by molar-refractivity contribution is 5.68. The van der Waals surface area contributed by atoms with E-state index in [-0.39, 0.29) is 24.5 Å². The number of rotatable bonds is 8. The predicted molar refractivity (Wildman–Crippen MR) is 83.3 cm³/mol. The summed E-state index contributed by atoms with van der Waals surface area (Å²) in [5.41, 5.74) is -0.484. The highest BCUT2D eigenvalue weighted by atomic mass is 16.7. The van der Waals surface area contributed by atoms with Crippen molar-refractivity contribution in [3.8, 4) is 0 Å². The number of amides is 1. The lowest BCUT2D eigenvalue weighted by Crippen LogP contribution is -2.47. The molecule has 0 radical (unpaired) electrons. The average molecular weight is 304 g/mol. The largest absolute Gasteiger partial charge is 0.444 e. The fourth-order valence-electron chi connectivity index (χ4n) is 1.89. The van der Waals surface area contributed by atoms with Crippen molar-refractivity contribution >= 4 is 6.09 Å². The third-order valence-corrected chi connectivity index (χ3v) is 2.94. The number of carbonyl (C=O) groups excluding carboxylic acids is 1. The molecule has 1 amide bonds. The van der Waals surface area contributed by atoms with Gasteiger partial charge in [-0.2, -0.15) is 0 Å². The van der Waals surface area contributed by atoms with Crippen LogP contribution in [0.15, 0.2) is 0 Å². The molecule has 1 N–H and O–H groups in total. The van der Waals surface area contributed by atoms with Gasteiger partial charge in [0.15, 0.2) is 6.29 Å². The molecule has 0 fully saturated rings. The molecule has 0 heterocycles. The predicted octanol–water partition coefficient (Wildman–Crippen LogP) is 2.23.